The van der Waals surface area contributed by atoms with Gasteiger partial charge in [0, 0.05) is 23.1 Å². The van der Waals surface area contributed by atoms with E-state index in [4.69, 9.17) is 23.2 Å². The minimum absolute atomic E-state index is 0.101. The van der Waals surface area contributed by atoms with Crippen LogP contribution in [0.15, 0.2) is 35.2 Å². The van der Waals surface area contributed by atoms with Gasteiger partial charge in [-0.3, -0.25) is 0 Å². The Kier molecular flexibility index (Phi) is 12.1. The maximum Gasteiger partial charge on any atom is 0.243 e. The van der Waals surface area contributed by atoms with Crippen LogP contribution in [0.4, 0.5) is 0 Å². The summed E-state index contributed by atoms with van der Waals surface area (Å²) in [6.45, 7) is 21.3. The number of hydrogen-bond acceptors (Lipinski definition) is 2. The summed E-state index contributed by atoms with van der Waals surface area (Å²) >= 11 is 12.5. The molecule has 6 heteroatoms. The minimum atomic E-state index is -3.47. The van der Waals surface area contributed by atoms with Gasteiger partial charge in [-0.05, 0) is 64.1 Å². The molecule has 0 spiro atoms. The van der Waals surface area contributed by atoms with Crippen molar-refractivity contribution in [3.05, 3.63) is 62.6 Å². The molecule has 0 saturated carbocycles. The van der Waals surface area contributed by atoms with Crippen molar-refractivity contribution < 1.29 is 8.42 Å². The number of sulfonamides is 1. The minimum Gasteiger partial charge on any atom is -0.207 e. The first-order valence-corrected chi connectivity index (χ1v) is 14.5. The summed E-state index contributed by atoms with van der Waals surface area (Å²) in [4.78, 5) is 0.398. The van der Waals surface area contributed by atoms with E-state index in [9.17, 15) is 8.42 Å². The molecule has 0 aromatic heterocycles. The molecule has 0 aliphatic rings. The lowest BCUT2D eigenvalue weighted by Crippen LogP contribution is -2.31. The number of benzene rings is 2. The standard InChI is InChI=1S/C16H26ClNO2S.C12H17Cl/c1-7-18(8-2)21(19,20)16-10-13(11(3)4)15(17)9-14(16)12(5)6;1-8(2)10-5-6-11(9(3)4)12(13)7-10/h9-12H,7-8H2,1-6H3;5-9H,1-4H3. The second-order valence-electron chi connectivity index (χ2n) is 9.90. The van der Waals surface area contributed by atoms with Crippen LogP contribution >= 0.6 is 23.2 Å². The van der Waals surface area contributed by atoms with Gasteiger partial charge in [-0.2, -0.15) is 4.31 Å². The summed E-state index contributed by atoms with van der Waals surface area (Å²) < 4.78 is 27.3. The van der Waals surface area contributed by atoms with Crippen molar-refractivity contribution in [1.82, 2.24) is 4.31 Å². The quantitative estimate of drug-likeness (QED) is 0.342. The summed E-state index contributed by atoms with van der Waals surface area (Å²) in [5, 5.41) is 1.55. The van der Waals surface area contributed by atoms with E-state index in [1.165, 1.54) is 15.4 Å². The van der Waals surface area contributed by atoms with Crippen LogP contribution in [0.5, 0.6) is 0 Å². The lowest BCUT2D eigenvalue weighted by molar-refractivity contribution is 0.444. The maximum atomic E-state index is 12.9. The van der Waals surface area contributed by atoms with Gasteiger partial charge in [0.2, 0.25) is 10.0 Å². The topological polar surface area (TPSA) is 37.4 Å². The molecule has 0 bridgehead atoms. The largest absolute Gasteiger partial charge is 0.243 e. The molecule has 0 amide bonds. The highest BCUT2D eigenvalue weighted by Gasteiger charge is 2.27. The zero-order valence-electron chi connectivity index (χ0n) is 22.5. The molecule has 0 aliphatic carbocycles. The summed E-state index contributed by atoms with van der Waals surface area (Å²) in [6, 6.07) is 9.98. The van der Waals surface area contributed by atoms with Crippen LogP contribution in [0.2, 0.25) is 10.0 Å². The van der Waals surface area contributed by atoms with Crippen molar-refractivity contribution in [3.8, 4) is 0 Å². The molecular weight excluding hydrogens is 485 g/mol. The first-order chi connectivity index (χ1) is 15.7. The van der Waals surface area contributed by atoms with Crippen molar-refractivity contribution in [2.24, 2.45) is 0 Å². The number of halogens is 2. The fraction of sp³-hybridized carbons (Fsp3) is 0.571. The molecule has 0 heterocycles. The Morgan fingerprint density at radius 2 is 1.15 bits per heavy atom. The fourth-order valence-corrected chi connectivity index (χ4v) is 6.40. The molecule has 2 aromatic rings. The molecule has 0 fully saturated rings. The Morgan fingerprint density at radius 1 is 0.676 bits per heavy atom. The predicted octanol–water partition coefficient (Wildman–Crippen LogP) is 9.20. The summed E-state index contributed by atoms with van der Waals surface area (Å²) in [5.74, 6) is 1.35. The van der Waals surface area contributed by atoms with Crippen molar-refractivity contribution in [2.45, 2.75) is 97.8 Å². The molecule has 0 aliphatic heterocycles. The highest BCUT2D eigenvalue weighted by molar-refractivity contribution is 7.89. The van der Waals surface area contributed by atoms with Gasteiger partial charge in [0.25, 0.3) is 0 Å². The van der Waals surface area contributed by atoms with Gasteiger partial charge in [-0.25, -0.2) is 8.42 Å². The number of nitrogens with zero attached hydrogens (tertiary/aromatic N) is 1. The van der Waals surface area contributed by atoms with E-state index >= 15 is 0 Å². The molecule has 3 nitrogen and oxygen atoms in total. The van der Waals surface area contributed by atoms with Gasteiger partial charge in [0.1, 0.15) is 0 Å². The van der Waals surface area contributed by atoms with Gasteiger partial charge in [0.05, 0.1) is 4.90 Å². The Morgan fingerprint density at radius 3 is 1.53 bits per heavy atom. The van der Waals surface area contributed by atoms with Crippen molar-refractivity contribution >= 4 is 33.2 Å². The van der Waals surface area contributed by atoms with Crippen LogP contribution in [0.1, 0.15) is 115 Å². The smallest absolute Gasteiger partial charge is 0.207 e. The normalized spacial score (nSPS) is 12.1. The number of rotatable bonds is 8. The third kappa shape index (κ3) is 7.71. The average molecular weight is 529 g/mol. The molecule has 2 aromatic carbocycles. The van der Waals surface area contributed by atoms with Gasteiger partial charge >= 0.3 is 0 Å². The van der Waals surface area contributed by atoms with Crippen molar-refractivity contribution in [1.29, 1.82) is 0 Å². The first kappa shape index (κ1) is 31.0. The molecule has 0 N–H and O–H groups in total. The zero-order valence-corrected chi connectivity index (χ0v) is 24.9. The molecular formula is C28H43Cl2NO2S. The van der Waals surface area contributed by atoms with Crippen molar-refractivity contribution in [2.75, 3.05) is 13.1 Å². The second kappa shape index (κ2) is 13.3. The monoisotopic (exact) mass is 527 g/mol. The van der Waals surface area contributed by atoms with Crippen LogP contribution < -0.4 is 0 Å². The maximum absolute atomic E-state index is 12.9. The van der Waals surface area contributed by atoms with E-state index in [2.05, 4.69) is 45.9 Å². The molecule has 34 heavy (non-hydrogen) atoms. The SMILES string of the molecule is CC(C)c1ccc(C(C)C)c(Cl)c1.CCN(CC)S(=O)(=O)c1cc(C(C)C)c(Cl)cc1C(C)C. The highest BCUT2D eigenvalue weighted by Crippen LogP contribution is 2.34. The number of hydrogen-bond donors (Lipinski definition) is 0. The van der Waals surface area contributed by atoms with E-state index in [0.717, 1.165) is 16.1 Å². The van der Waals surface area contributed by atoms with Crippen LogP contribution in [-0.2, 0) is 10.0 Å². The van der Waals surface area contributed by atoms with Gasteiger partial charge in [0.15, 0.2) is 0 Å². The van der Waals surface area contributed by atoms with E-state index in [1.807, 2.05) is 47.6 Å². The van der Waals surface area contributed by atoms with Crippen LogP contribution in [-0.4, -0.2) is 25.8 Å². The van der Waals surface area contributed by atoms with Crippen LogP contribution in [0, 0.1) is 0 Å². The first-order valence-electron chi connectivity index (χ1n) is 12.3. The fourth-order valence-electron chi connectivity index (χ4n) is 3.77. The van der Waals surface area contributed by atoms with E-state index in [0.29, 0.717) is 34.8 Å². The second-order valence-corrected chi connectivity index (χ2v) is 12.6. The molecule has 0 radical (unpaired) electrons. The summed E-state index contributed by atoms with van der Waals surface area (Å²) in [7, 11) is -3.47. The third-order valence-corrected chi connectivity index (χ3v) is 8.77. The van der Waals surface area contributed by atoms with E-state index < -0.39 is 10.0 Å². The van der Waals surface area contributed by atoms with Gasteiger partial charge in [-0.15, -0.1) is 0 Å². The van der Waals surface area contributed by atoms with E-state index in [1.54, 1.807) is 6.07 Å². The van der Waals surface area contributed by atoms with Gasteiger partial charge < -0.3 is 0 Å². The summed E-state index contributed by atoms with van der Waals surface area (Å²) in [6.07, 6.45) is 0. The lowest BCUT2D eigenvalue weighted by Gasteiger charge is -2.23. The molecule has 0 unspecified atom stereocenters. The highest BCUT2D eigenvalue weighted by atomic mass is 35.5. The Balaban J connectivity index is 0.000000380. The zero-order chi connectivity index (χ0) is 26.4. The third-order valence-electron chi connectivity index (χ3n) is 6.01. The molecule has 0 saturated heterocycles. The molecule has 192 valence electrons. The Bertz CT molecular complexity index is 1040. The Labute approximate surface area is 218 Å². The average Bonchev–Trinajstić information content (AvgIpc) is 2.73. The Hall–Kier alpha value is -1.07. The summed E-state index contributed by atoms with van der Waals surface area (Å²) in [5.41, 5.74) is 4.23. The van der Waals surface area contributed by atoms with E-state index in [-0.39, 0.29) is 11.8 Å². The van der Waals surface area contributed by atoms with Crippen LogP contribution in [0.25, 0.3) is 0 Å². The molecule has 2 rings (SSSR count). The van der Waals surface area contributed by atoms with Crippen LogP contribution in [0.3, 0.4) is 0 Å². The molecule has 0 atom stereocenters. The van der Waals surface area contributed by atoms with Crippen molar-refractivity contribution in [3.63, 3.8) is 0 Å². The van der Waals surface area contributed by atoms with Gasteiger partial charge in [-0.1, -0.05) is 105 Å². The lowest BCUT2D eigenvalue weighted by atomic mass is 9.97. The predicted molar refractivity (Wildman–Crippen MR) is 149 cm³/mol.